The minimum Gasteiger partial charge on any atom is -0.393 e. The van der Waals surface area contributed by atoms with Gasteiger partial charge in [-0.25, -0.2) is 9.97 Å². The van der Waals surface area contributed by atoms with Crippen LogP contribution >= 0.6 is 0 Å². The van der Waals surface area contributed by atoms with Crippen LogP contribution in [0.5, 0.6) is 0 Å². The summed E-state index contributed by atoms with van der Waals surface area (Å²) in [5.74, 6) is 1.35. The zero-order valence-corrected chi connectivity index (χ0v) is 12.4. The largest absolute Gasteiger partial charge is 0.393 e. The Kier molecular flexibility index (Phi) is 5.34. The summed E-state index contributed by atoms with van der Waals surface area (Å²) < 4.78 is 5.00. The molecular formula is C15H21N5O. The maximum atomic E-state index is 6.15. The first kappa shape index (κ1) is 15.1. The highest BCUT2D eigenvalue weighted by molar-refractivity contribution is 5.74. The van der Waals surface area contributed by atoms with E-state index in [1.165, 1.54) is 11.9 Å². The minimum absolute atomic E-state index is 0.548. The van der Waals surface area contributed by atoms with Gasteiger partial charge in [-0.3, -0.25) is 0 Å². The van der Waals surface area contributed by atoms with Crippen LogP contribution in [0.25, 0.3) is 0 Å². The highest BCUT2D eigenvalue weighted by Gasteiger charge is 2.12. The molecule has 6 heteroatoms. The monoisotopic (exact) mass is 287 g/mol. The van der Waals surface area contributed by atoms with Gasteiger partial charge in [-0.2, -0.15) is 0 Å². The Bertz CT molecular complexity index is 561. The second-order valence-corrected chi connectivity index (χ2v) is 4.72. The van der Waals surface area contributed by atoms with E-state index in [1.807, 2.05) is 30.1 Å². The van der Waals surface area contributed by atoms with Gasteiger partial charge >= 0.3 is 0 Å². The van der Waals surface area contributed by atoms with Gasteiger partial charge in [-0.15, -0.1) is 0 Å². The van der Waals surface area contributed by atoms with Crippen LogP contribution < -0.4 is 16.0 Å². The molecule has 0 fully saturated rings. The van der Waals surface area contributed by atoms with Gasteiger partial charge in [0.2, 0.25) is 0 Å². The zero-order chi connectivity index (χ0) is 15.1. The van der Waals surface area contributed by atoms with Gasteiger partial charge in [0, 0.05) is 27.2 Å². The van der Waals surface area contributed by atoms with Crippen LogP contribution in [0.4, 0.5) is 17.3 Å². The summed E-state index contributed by atoms with van der Waals surface area (Å²) >= 11 is 0. The standard InChI is InChI=1S/C15H21N5O/c1-20(10-12-6-4-3-5-7-12)15-13(16)14(18-11-19-15)17-8-9-21-2/h3-7,11H,8-10,16H2,1-2H3,(H,17,18,19). The van der Waals surface area contributed by atoms with Gasteiger partial charge in [-0.05, 0) is 5.56 Å². The average molecular weight is 287 g/mol. The number of benzene rings is 1. The van der Waals surface area contributed by atoms with Crippen molar-refractivity contribution in [2.24, 2.45) is 0 Å². The number of hydrogen-bond acceptors (Lipinski definition) is 6. The Hall–Kier alpha value is -2.34. The van der Waals surface area contributed by atoms with Gasteiger partial charge in [0.1, 0.15) is 12.0 Å². The Morgan fingerprint density at radius 3 is 2.71 bits per heavy atom. The van der Waals surface area contributed by atoms with Crippen molar-refractivity contribution in [1.29, 1.82) is 0 Å². The molecular weight excluding hydrogens is 266 g/mol. The summed E-state index contributed by atoms with van der Waals surface area (Å²) in [6.07, 6.45) is 1.52. The molecule has 0 saturated carbocycles. The number of nitrogens with zero attached hydrogens (tertiary/aromatic N) is 3. The molecule has 0 aliphatic rings. The fourth-order valence-electron chi connectivity index (χ4n) is 2.03. The van der Waals surface area contributed by atoms with Crippen molar-refractivity contribution in [2.75, 3.05) is 43.3 Å². The predicted octanol–water partition coefficient (Wildman–Crippen LogP) is 1.75. The van der Waals surface area contributed by atoms with E-state index in [0.717, 1.165) is 6.54 Å². The molecule has 0 radical (unpaired) electrons. The predicted molar refractivity (Wildman–Crippen MR) is 85.4 cm³/mol. The smallest absolute Gasteiger partial charge is 0.157 e. The van der Waals surface area contributed by atoms with Gasteiger partial charge in [0.25, 0.3) is 0 Å². The Labute approximate surface area is 125 Å². The molecule has 0 spiro atoms. The number of anilines is 3. The van der Waals surface area contributed by atoms with Crippen LogP contribution in [0.15, 0.2) is 36.7 Å². The van der Waals surface area contributed by atoms with Crippen LogP contribution in [0.1, 0.15) is 5.56 Å². The van der Waals surface area contributed by atoms with Crippen molar-refractivity contribution < 1.29 is 4.74 Å². The summed E-state index contributed by atoms with van der Waals surface area (Å²) in [7, 11) is 3.62. The van der Waals surface area contributed by atoms with E-state index in [9.17, 15) is 0 Å². The molecule has 0 bridgehead atoms. The van der Waals surface area contributed by atoms with Crippen molar-refractivity contribution in [3.63, 3.8) is 0 Å². The summed E-state index contributed by atoms with van der Waals surface area (Å²) in [6.45, 7) is 1.98. The van der Waals surface area contributed by atoms with Crippen molar-refractivity contribution in [2.45, 2.75) is 6.54 Å². The number of nitrogen functional groups attached to an aromatic ring is 1. The molecule has 0 amide bonds. The molecule has 0 unspecified atom stereocenters. The molecule has 6 nitrogen and oxygen atoms in total. The zero-order valence-electron chi connectivity index (χ0n) is 12.4. The van der Waals surface area contributed by atoms with Gasteiger partial charge in [0.05, 0.1) is 6.61 Å². The fourth-order valence-corrected chi connectivity index (χ4v) is 2.03. The Balaban J connectivity index is 2.10. The maximum Gasteiger partial charge on any atom is 0.157 e. The number of nitrogens with one attached hydrogen (secondary N) is 1. The molecule has 1 heterocycles. The second-order valence-electron chi connectivity index (χ2n) is 4.72. The first-order chi connectivity index (χ1) is 10.2. The lowest BCUT2D eigenvalue weighted by Gasteiger charge is -2.21. The number of nitrogens with two attached hydrogens (primary N) is 1. The lowest BCUT2D eigenvalue weighted by atomic mass is 10.2. The third-order valence-electron chi connectivity index (χ3n) is 3.09. The third kappa shape index (κ3) is 4.06. The lowest BCUT2D eigenvalue weighted by molar-refractivity contribution is 0.210. The summed E-state index contributed by atoms with van der Waals surface area (Å²) in [5, 5.41) is 3.15. The molecule has 1 aromatic heterocycles. The first-order valence-corrected chi connectivity index (χ1v) is 6.80. The normalized spacial score (nSPS) is 10.4. The molecule has 2 aromatic rings. The Morgan fingerprint density at radius 1 is 1.24 bits per heavy atom. The highest BCUT2D eigenvalue weighted by atomic mass is 16.5. The van der Waals surface area contributed by atoms with Crippen molar-refractivity contribution in [3.8, 4) is 0 Å². The summed E-state index contributed by atoms with van der Waals surface area (Å²) in [4.78, 5) is 10.5. The number of ether oxygens (including phenoxy) is 1. The van der Waals surface area contributed by atoms with Crippen molar-refractivity contribution >= 4 is 17.3 Å². The molecule has 2 rings (SSSR count). The average Bonchev–Trinajstić information content (AvgIpc) is 2.50. The van der Waals surface area contributed by atoms with E-state index in [1.54, 1.807) is 7.11 Å². The SMILES string of the molecule is COCCNc1ncnc(N(C)Cc2ccccc2)c1N. The lowest BCUT2D eigenvalue weighted by Crippen LogP contribution is -2.20. The minimum atomic E-state index is 0.548. The van der Waals surface area contributed by atoms with E-state index >= 15 is 0 Å². The molecule has 1 aromatic carbocycles. The van der Waals surface area contributed by atoms with Gasteiger partial charge in [-0.1, -0.05) is 30.3 Å². The number of hydrogen-bond donors (Lipinski definition) is 2. The third-order valence-corrected chi connectivity index (χ3v) is 3.09. The Morgan fingerprint density at radius 2 is 2.00 bits per heavy atom. The second kappa shape index (κ2) is 7.44. The van der Waals surface area contributed by atoms with Crippen molar-refractivity contribution in [1.82, 2.24) is 9.97 Å². The van der Waals surface area contributed by atoms with E-state index in [0.29, 0.717) is 30.5 Å². The van der Waals surface area contributed by atoms with Crippen LogP contribution in [-0.4, -0.2) is 37.3 Å². The van der Waals surface area contributed by atoms with E-state index in [2.05, 4.69) is 27.4 Å². The van der Waals surface area contributed by atoms with Crippen LogP contribution in [0, 0.1) is 0 Å². The summed E-state index contributed by atoms with van der Waals surface area (Å²) in [6, 6.07) is 10.2. The number of aromatic nitrogens is 2. The van der Waals surface area contributed by atoms with Crippen LogP contribution in [-0.2, 0) is 11.3 Å². The van der Waals surface area contributed by atoms with Crippen molar-refractivity contribution in [3.05, 3.63) is 42.2 Å². The fraction of sp³-hybridized carbons (Fsp3) is 0.333. The number of methoxy groups -OCH3 is 1. The quantitative estimate of drug-likeness (QED) is 0.756. The molecule has 112 valence electrons. The maximum absolute atomic E-state index is 6.15. The number of rotatable bonds is 7. The topological polar surface area (TPSA) is 76.3 Å². The molecule has 0 atom stereocenters. The van der Waals surface area contributed by atoms with Crippen LogP contribution in [0.2, 0.25) is 0 Å². The van der Waals surface area contributed by atoms with E-state index < -0.39 is 0 Å². The molecule has 21 heavy (non-hydrogen) atoms. The highest BCUT2D eigenvalue weighted by Crippen LogP contribution is 2.25. The molecule has 0 aliphatic carbocycles. The van der Waals surface area contributed by atoms with E-state index in [4.69, 9.17) is 10.5 Å². The van der Waals surface area contributed by atoms with Gasteiger partial charge < -0.3 is 20.7 Å². The van der Waals surface area contributed by atoms with Crippen LogP contribution in [0.3, 0.4) is 0 Å². The molecule has 0 saturated heterocycles. The summed E-state index contributed by atoms with van der Waals surface area (Å²) in [5.41, 5.74) is 7.90. The van der Waals surface area contributed by atoms with Gasteiger partial charge in [0.15, 0.2) is 11.6 Å². The molecule has 0 aliphatic heterocycles. The van der Waals surface area contributed by atoms with E-state index in [-0.39, 0.29) is 0 Å². The molecule has 3 N–H and O–H groups in total. The first-order valence-electron chi connectivity index (χ1n) is 6.80.